The van der Waals surface area contributed by atoms with Crippen molar-refractivity contribution >= 4 is 33.3 Å². The Labute approximate surface area is 133 Å². The molecule has 0 aliphatic rings. The van der Waals surface area contributed by atoms with Gasteiger partial charge in [0.05, 0.1) is 0 Å². The van der Waals surface area contributed by atoms with E-state index in [2.05, 4.69) is 76.5 Å². The summed E-state index contributed by atoms with van der Waals surface area (Å²) in [6.07, 6.45) is 1.50. The second-order valence-electron chi connectivity index (χ2n) is 5.33. The molecule has 1 aromatic carbocycles. The predicted molar refractivity (Wildman–Crippen MR) is 90.8 cm³/mol. The number of anilines is 3. The van der Waals surface area contributed by atoms with E-state index >= 15 is 0 Å². The van der Waals surface area contributed by atoms with Crippen molar-refractivity contribution < 1.29 is 0 Å². The van der Waals surface area contributed by atoms with Crippen LogP contribution in [0.25, 0.3) is 0 Å². The number of nitrogens with one attached hydrogen (secondary N) is 2. The molecule has 0 amide bonds. The Balaban J connectivity index is 2.44. The highest BCUT2D eigenvalue weighted by Crippen LogP contribution is 2.31. The molecule has 5 nitrogen and oxygen atoms in total. The first-order valence-corrected chi connectivity index (χ1v) is 7.58. The fourth-order valence-electron chi connectivity index (χ4n) is 2.31. The highest BCUT2D eigenvalue weighted by molar-refractivity contribution is 9.10. The molecule has 0 radical (unpaired) electrons. The predicted octanol–water partition coefficient (Wildman–Crippen LogP) is 4.01. The standard InChI is InChI=1S/C15H20BrN5/c1-8(2)12-14(18-7-19-15(12)21-17)20-11-5-9(3)13(16)10(4)6-11/h5-8H,17H2,1-4H3,(H2,18,19,20,21). The Hall–Kier alpha value is -1.66. The average Bonchev–Trinajstić information content (AvgIpc) is 2.44. The summed E-state index contributed by atoms with van der Waals surface area (Å²) in [5.74, 6) is 7.21. The molecule has 0 saturated carbocycles. The van der Waals surface area contributed by atoms with Gasteiger partial charge in [-0.1, -0.05) is 29.8 Å². The summed E-state index contributed by atoms with van der Waals surface area (Å²) < 4.78 is 1.13. The zero-order chi connectivity index (χ0) is 15.6. The number of halogens is 1. The maximum atomic E-state index is 5.54. The molecule has 0 aliphatic carbocycles. The van der Waals surface area contributed by atoms with Crippen LogP contribution in [-0.2, 0) is 0 Å². The van der Waals surface area contributed by atoms with Crippen molar-refractivity contribution in [2.45, 2.75) is 33.6 Å². The van der Waals surface area contributed by atoms with Gasteiger partial charge in [0, 0.05) is 15.7 Å². The molecule has 2 aromatic rings. The number of aromatic nitrogens is 2. The third-order valence-corrected chi connectivity index (χ3v) is 4.55. The minimum Gasteiger partial charge on any atom is -0.340 e. The first-order valence-electron chi connectivity index (χ1n) is 6.79. The highest BCUT2D eigenvalue weighted by atomic mass is 79.9. The molecule has 0 bridgehead atoms. The quantitative estimate of drug-likeness (QED) is 0.574. The van der Waals surface area contributed by atoms with E-state index in [-0.39, 0.29) is 5.92 Å². The van der Waals surface area contributed by atoms with Gasteiger partial charge in [-0.25, -0.2) is 15.8 Å². The number of rotatable bonds is 4. The van der Waals surface area contributed by atoms with Crippen molar-refractivity contribution in [2.24, 2.45) is 5.84 Å². The lowest BCUT2D eigenvalue weighted by atomic mass is 10.0. The van der Waals surface area contributed by atoms with Crippen LogP contribution in [0.2, 0.25) is 0 Å². The van der Waals surface area contributed by atoms with Gasteiger partial charge in [0.2, 0.25) is 0 Å². The summed E-state index contributed by atoms with van der Waals surface area (Å²) in [6, 6.07) is 4.16. The molecule has 0 aliphatic heterocycles. The van der Waals surface area contributed by atoms with Crippen molar-refractivity contribution in [3.8, 4) is 0 Å². The minimum absolute atomic E-state index is 0.248. The molecule has 0 atom stereocenters. The van der Waals surface area contributed by atoms with Crippen LogP contribution in [0, 0.1) is 13.8 Å². The number of aryl methyl sites for hydroxylation is 2. The average molecular weight is 350 g/mol. The summed E-state index contributed by atoms with van der Waals surface area (Å²) in [6.45, 7) is 8.31. The largest absolute Gasteiger partial charge is 0.340 e. The monoisotopic (exact) mass is 349 g/mol. The van der Waals surface area contributed by atoms with Crippen LogP contribution in [-0.4, -0.2) is 9.97 Å². The number of hydrazine groups is 1. The van der Waals surface area contributed by atoms with Crippen LogP contribution in [0.15, 0.2) is 22.9 Å². The summed E-state index contributed by atoms with van der Waals surface area (Å²) in [5, 5.41) is 3.37. The number of hydrogen-bond acceptors (Lipinski definition) is 5. The van der Waals surface area contributed by atoms with Crippen LogP contribution >= 0.6 is 15.9 Å². The number of nitrogen functional groups attached to an aromatic ring is 1. The Morgan fingerprint density at radius 2 is 1.67 bits per heavy atom. The van der Waals surface area contributed by atoms with Gasteiger partial charge in [0.15, 0.2) is 0 Å². The maximum absolute atomic E-state index is 5.54. The molecule has 6 heteroatoms. The second-order valence-corrected chi connectivity index (χ2v) is 6.13. The molecule has 0 saturated heterocycles. The topological polar surface area (TPSA) is 75.9 Å². The van der Waals surface area contributed by atoms with Gasteiger partial charge in [-0.3, -0.25) is 0 Å². The Morgan fingerprint density at radius 1 is 1.10 bits per heavy atom. The third kappa shape index (κ3) is 3.33. The highest BCUT2D eigenvalue weighted by Gasteiger charge is 2.15. The van der Waals surface area contributed by atoms with E-state index in [1.165, 1.54) is 17.5 Å². The normalized spacial score (nSPS) is 10.8. The number of hydrogen-bond donors (Lipinski definition) is 3. The van der Waals surface area contributed by atoms with E-state index in [0.29, 0.717) is 5.82 Å². The molecular formula is C15H20BrN5. The van der Waals surface area contributed by atoms with Gasteiger partial charge in [0.25, 0.3) is 0 Å². The lowest BCUT2D eigenvalue weighted by Crippen LogP contribution is -2.14. The van der Waals surface area contributed by atoms with Gasteiger partial charge < -0.3 is 10.7 Å². The fourth-order valence-corrected chi connectivity index (χ4v) is 2.54. The maximum Gasteiger partial charge on any atom is 0.148 e. The molecule has 2 rings (SSSR count). The smallest absolute Gasteiger partial charge is 0.148 e. The van der Waals surface area contributed by atoms with E-state index < -0.39 is 0 Å². The summed E-state index contributed by atoms with van der Waals surface area (Å²) in [7, 11) is 0. The van der Waals surface area contributed by atoms with E-state index in [0.717, 1.165) is 21.5 Å². The van der Waals surface area contributed by atoms with Gasteiger partial charge >= 0.3 is 0 Å². The fraction of sp³-hybridized carbons (Fsp3) is 0.333. The zero-order valence-corrected chi connectivity index (χ0v) is 14.2. The first kappa shape index (κ1) is 15.7. The van der Waals surface area contributed by atoms with Gasteiger partial charge in [-0.2, -0.15) is 0 Å². The third-order valence-electron chi connectivity index (χ3n) is 3.30. The first-order chi connectivity index (χ1) is 9.93. The van der Waals surface area contributed by atoms with Crippen LogP contribution in [0.1, 0.15) is 36.5 Å². The van der Waals surface area contributed by atoms with Crippen LogP contribution in [0.5, 0.6) is 0 Å². The van der Waals surface area contributed by atoms with Crippen molar-refractivity contribution in [3.63, 3.8) is 0 Å². The molecular weight excluding hydrogens is 330 g/mol. The summed E-state index contributed by atoms with van der Waals surface area (Å²) in [4.78, 5) is 8.53. The Morgan fingerprint density at radius 3 is 2.19 bits per heavy atom. The molecule has 21 heavy (non-hydrogen) atoms. The van der Waals surface area contributed by atoms with Crippen LogP contribution in [0.3, 0.4) is 0 Å². The molecule has 1 heterocycles. The van der Waals surface area contributed by atoms with Crippen LogP contribution in [0.4, 0.5) is 17.3 Å². The molecule has 0 fully saturated rings. The van der Waals surface area contributed by atoms with E-state index in [1.807, 2.05) is 0 Å². The van der Waals surface area contributed by atoms with E-state index in [9.17, 15) is 0 Å². The Kier molecular flexibility index (Phi) is 4.80. The minimum atomic E-state index is 0.248. The van der Waals surface area contributed by atoms with Crippen LogP contribution < -0.4 is 16.6 Å². The van der Waals surface area contributed by atoms with Gasteiger partial charge in [-0.15, -0.1) is 0 Å². The van der Waals surface area contributed by atoms with Gasteiger partial charge in [-0.05, 0) is 43.0 Å². The number of nitrogens with two attached hydrogens (primary N) is 1. The molecule has 0 spiro atoms. The summed E-state index contributed by atoms with van der Waals surface area (Å²) in [5.41, 5.74) is 6.96. The lowest BCUT2D eigenvalue weighted by Gasteiger charge is -2.17. The zero-order valence-electron chi connectivity index (χ0n) is 12.7. The van der Waals surface area contributed by atoms with Crippen molar-refractivity contribution in [3.05, 3.63) is 39.6 Å². The Bertz CT molecular complexity index is 632. The second kappa shape index (κ2) is 6.41. The lowest BCUT2D eigenvalue weighted by molar-refractivity contribution is 0.850. The van der Waals surface area contributed by atoms with E-state index in [1.54, 1.807) is 0 Å². The summed E-state index contributed by atoms with van der Waals surface area (Å²) >= 11 is 3.58. The van der Waals surface area contributed by atoms with Gasteiger partial charge in [0.1, 0.15) is 18.0 Å². The van der Waals surface area contributed by atoms with Crippen molar-refractivity contribution in [1.29, 1.82) is 0 Å². The SMILES string of the molecule is Cc1cc(Nc2ncnc(NN)c2C(C)C)cc(C)c1Br. The number of benzene rings is 1. The molecule has 112 valence electrons. The van der Waals surface area contributed by atoms with E-state index in [4.69, 9.17) is 5.84 Å². The molecule has 4 N–H and O–H groups in total. The molecule has 0 unspecified atom stereocenters. The van der Waals surface area contributed by atoms with Crippen molar-refractivity contribution in [1.82, 2.24) is 9.97 Å². The molecule has 1 aromatic heterocycles. The van der Waals surface area contributed by atoms with Crippen molar-refractivity contribution in [2.75, 3.05) is 10.7 Å². The number of nitrogens with zero attached hydrogens (tertiary/aromatic N) is 2.